The second kappa shape index (κ2) is 12.4. The molecule has 2 N–H and O–H groups in total. The number of piperidine rings is 1. The lowest BCUT2D eigenvalue weighted by molar-refractivity contribution is -0.134. The summed E-state index contributed by atoms with van der Waals surface area (Å²) >= 11 is 0. The van der Waals surface area contributed by atoms with Gasteiger partial charge in [-0.3, -0.25) is 14.9 Å². The van der Waals surface area contributed by atoms with Crippen LogP contribution in [-0.2, 0) is 14.3 Å². The minimum Gasteiger partial charge on any atom is -0.490 e. The fourth-order valence-electron chi connectivity index (χ4n) is 2.98. The van der Waals surface area contributed by atoms with Crippen LogP contribution >= 0.6 is 0 Å². The second-order valence-corrected chi connectivity index (χ2v) is 6.81. The summed E-state index contributed by atoms with van der Waals surface area (Å²) < 4.78 is 16.1. The number of likely N-dealkylation sites (tertiary alicyclic amines) is 1. The minimum atomic E-state index is -0.761. The van der Waals surface area contributed by atoms with E-state index in [4.69, 9.17) is 14.2 Å². The van der Waals surface area contributed by atoms with E-state index in [0.717, 1.165) is 32.4 Å². The van der Waals surface area contributed by atoms with Crippen molar-refractivity contribution < 1.29 is 33.4 Å². The molecule has 0 spiro atoms. The average molecular weight is 435 g/mol. The van der Waals surface area contributed by atoms with Crippen molar-refractivity contribution in [1.82, 2.24) is 15.5 Å². The predicted octanol–water partition coefficient (Wildman–Crippen LogP) is 1.48. The van der Waals surface area contributed by atoms with E-state index in [0.29, 0.717) is 18.9 Å². The quantitative estimate of drug-likeness (QED) is 0.563. The Kier molecular flexibility index (Phi) is 9.60. The largest absolute Gasteiger partial charge is 0.490 e. The van der Waals surface area contributed by atoms with E-state index in [1.54, 1.807) is 18.7 Å². The number of rotatable bonds is 9. The van der Waals surface area contributed by atoms with Crippen molar-refractivity contribution in [2.75, 3.05) is 39.5 Å². The molecule has 31 heavy (non-hydrogen) atoms. The zero-order valence-electron chi connectivity index (χ0n) is 17.9. The summed E-state index contributed by atoms with van der Waals surface area (Å²) in [5.41, 5.74) is 0.143. The molecular formula is C21H29N3O7. The van der Waals surface area contributed by atoms with E-state index in [1.165, 1.54) is 18.2 Å². The number of esters is 1. The number of nitrogens with zero attached hydrogens (tertiary/aromatic N) is 1. The Morgan fingerprint density at radius 1 is 0.968 bits per heavy atom. The molecule has 1 fully saturated rings. The van der Waals surface area contributed by atoms with Gasteiger partial charge in [0.1, 0.15) is 0 Å². The number of imide groups is 1. The van der Waals surface area contributed by atoms with Gasteiger partial charge in [-0.05, 0) is 51.3 Å². The van der Waals surface area contributed by atoms with Gasteiger partial charge in [0, 0.05) is 19.6 Å². The van der Waals surface area contributed by atoms with Gasteiger partial charge in [-0.1, -0.05) is 0 Å². The predicted molar refractivity (Wildman–Crippen MR) is 111 cm³/mol. The van der Waals surface area contributed by atoms with Crippen molar-refractivity contribution in [3.05, 3.63) is 23.8 Å². The second-order valence-electron chi connectivity index (χ2n) is 6.81. The van der Waals surface area contributed by atoms with Crippen LogP contribution in [0.15, 0.2) is 18.2 Å². The Labute approximate surface area is 181 Å². The molecule has 0 atom stereocenters. The molecule has 2 rings (SSSR count). The standard InChI is InChI=1S/C21H29N3O7/c1-3-22-21(28)23-18(25)13-31-20(27)15-8-9-16(17(12-15)29-4-2)30-14-19(26)24-10-6-5-7-11-24/h8-9,12H,3-7,10-11,13-14H2,1-2H3,(H2,22,23,25,28). The van der Waals surface area contributed by atoms with E-state index >= 15 is 0 Å². The maximum Gasteiger partial charge on any atom is 0.338 e. The third-order valence-electron chi connectivity index (χ3n) is 4.46. The van der Waals surface area contributed by atoms with Crippen LogP contribution in [0.5, 0.6) is 11.5 Å². The van der Waals surface area contributed by atoms with Gasteiger partial charge in [-0.2, -0.15) is 0 Å². The van der Waals surface area contributed by atoms with E-state index < -0.39 is 24.5 Å². The fraction of sp³-hybridized carbons (Fsp3) is 0.524. The Balaban J connectivity index is 1.93. The van der Waals surface area contributed by atoms with Gasteiger partial charge in [-0.15, -0.1) is 0 Å². The molecule has 1 heterocycles. The molecule has 1 saturated heterocycles. The smallest absolute Gasteiger partial charge is 0.338 e. The maximum absolute atomic E-state index is 12.3. The molecule has 170 valence electrons. The fourth-order valence-corrected chi connectivity index (χ4v) is 2.98. The van der Waals surface area contributed by atoms with E-state index in [9.17, 15) is 19.2 Å². The summed E-state index contributed by atoms with van der Waals surface area (Å²) in [5, 5.41) is 4.43. The molecule has 10 nitrogen and oxygen atoms in total. The number of ether oxygens (including phenoxy) is 3. The van der Waals surface area contributed by atoms with E-state index in [1.807, 2.05) is 5.32 Å². The Hall–Kier alpha value is -3.30. The van der Waals surface area contributed by atoms with Gasteiger partial charge < -0.3 is 24.4 Å². The lowest BCUT2D eigenvalue weighted by atomic mass is 10.1. The van der Waals surface area contributed by atoms with Crippen molar-refractivity contribution >= 4 is 23.8 Å². The first-order chi connectivity index (χ1) is 14.9. The summed E-state index contributed by atoms with van der Waals surface area (Å²) in [6.07, 6.45) is 3.12. The number of urea groups is 1. The normalized spacial score (nSPS) is 13.2. The average Bonchev–Trinajstić information content (AvgIpc) is 2.77. The monoisotopic (exact) mass is 435 g/mol. The lowest BCUT2D eigenvalue weighted by Gasteiger charge is -2.26. The van der Waals surface area contributed by atoms with Crippen LogP contribution in [0.2, 0.25) is 0 Å². The zero-order chi connectivity index (χ0) is 22.6. The minimum absolute atomic E-state index is 0.0937. The SMILES string of the molecule is CCNC(=O)NC(=O)COC(=O)c1ccc(OCC(=O)N2CCCCC2)c(OCC)c1. The molecule has 0 aromatic heterocycles. The summed E-state index contributed by atoms with van der Waals surface area (Å²) in [5.74, 6) is -0.986. The molecule has 10 heteroatoms. The van der Waals surface area contributed by atoms with Crippen LogP contribution in [0, 0.1) is 0 Å². The molecule has 1 aliphatic rings. The van der Waals surface area contributed by atoms with Gasteiger partial charge in [0.25, 0.3) is 11.8 Å². The number of benzene rings is 1. The van der Waals surface area contributed by atoms with Gasteiger partial charge >= 0.3 is 12.0 Å². The van der Waals surface area contributed by atoms with Crippen molar-refractivity contribution in [2.24, 2.45) is 0 Å². The highest BCUT2D eigenvalue weighted by Gasteiger charge is 2.19. The molecule has 0 radical (unpaired) electrons. The number of carbonyl (C=O) groups excluding carboxylic acids is 4. The molecule has 1 aromatic carbocycles. The molecule has 0 bridgehead atoms. The first-order valence-electron chi connectivity index (χ1n) is 10.4. The Morgan fingerprint density at radius 2 is 1.71 bits per heavy atom. The number of hydrogen-bond acceptors (Lipinski definition) is 7. The number of hydrogen-bond donors (Lipinski definition) is 2. The lowest BCUT2D eigenvalue weighted by Crippen LogP contribution is -2.41. The van der Waals surface area contributed by atoms with Crippen molar-refractivity contribution in [3.63, 3.8) is 0 Å². The molecule has 4 amide bonds. The topological polar surface area (TPSA) is 123 Å². The highest BCUT2D eigenvalue weighted by molar-refractivity contribution is 5.97. The van der Waals surface area contributed by atoms with Crippen LogP contribution in [0.25, 0.3) is 0 Å². The third kappa shape index (κ3) is 7.80. The van der Waals surface area contributed by atoms with Gasteiger partial charge in [0.15, 0.2) is 24.7 Å². The van der Waals surface area contributed by atoms with Crippen molar-refractivity contribution in [1.29, 1.82) is 0 Å². The molecular weight excluding hydrogens is 406 g/mol. The van der Waals surface area contributed by atoms with Crippen LogP contribution in [0.3, 0.4) is 0 Å². The molecule has 0 unspecified atom stereocenters. The van der Waals surface area contributed by atoms with Crippen LogP contribution < -0.4 is 20.1 Å². The Morgan fingerprint density at radius 3 is 2.39 bits per heavy atom. The van der Waals surface area contributed by atoms with Gasteiger partial charge in [0.2, 0.25) is 0 Å². The van der Waals surface area contributed by atoms with Crippen LogP contribution in [0.4, 0.5) is 4.79 Å². The third-order valence-corrected chi connectivity index (χ3v) is 4.46. The van der Waals surface area contributed by atoms with Gasteiger partial charge in [-0.25, -0.2) is 9.59 Å². The summed E-state index contributed by atoms with van der Waals surface area (Å²) in [6, 6.07) is 3.73. The van der Waals surface area contributed by atoms with Crippen LogP contribution in [-0.4, -0.2) is 68.2 Å². The highest BCUT2D eigenvalue weighted by Crippen LogP contribution is 2.29. The highest BCUT2D eigenvalue weighted by atomic mass is 16.5. The maximum atomic E-state index is 12.3. The molecule has 0 aliphatic carbocycles. The summed E-state index contributed by atoms with van der Waals surface area (Å²) in [4.78, 5) is 49.3. The Bertz CT molecular complexity index is 791. The number of carbonyl (C=O) groups is 4. The van der Waals surface area contributed by atoms with Crippen molar-refractivity contribution in [3.8, 4) is 11.5 Å². The first kappa shape index (κ1) is 24.0. The van der Waals surface area contributed by atoms with Crippen LogP contribution in [0.1, 0.15) is 43.5 Å². The molecule has 1 aliphatic heterocycles. The van der Waals surface area contributed by atoms with E-state index in [-0.39, 0.29) is 23.8 Å². The first-order valence-corrected chi connectivity index (χ1v) is 10.4. The number of nitrogens with one attached hydrogen (secondary N) is 2. The van der Waals surface area contributed by atoms with Crippen molar-refractivity contribution in [2.45, 2.75) is 33.1 Å². The van der Waals surface area contributed by atoms with E-state index in [2.05, 4.69) is 5.32 Å². The van der Waals surface area contributed by atoms with Gasteiger partial charge in [0.05, 0.1) is 12.2 Å². The zero-order valence-corrected chi connectivity index (χ0v) is 17.9. The molecule has 0 saturated carbocycles. The number of amides is 4. The summed E-state index contributed by atoms with van der Waals surface area (Å²) in [7, 11) is 0. The molecule has 1 aromatic rings. The summed E-state index contributed by atoms with van der Waals surface area (Å²) in [6.45, 7) is 4.90.